The van der Waals surface area contributed by atoms with Crippen LogP contribution in [0.5, 0.6) is 11.5 Å². The van der Waals surface area contributed by atoms with Crippen LogP contribution < -0.4 is 14.2 Å². The number of nitrogens with one attached hydrogen (secondary N) is 1. The van der Waals surface area contributed by atoms with Crippen LogP contribution in [0.2, 0.25) is 0 Å². The molecule has 1 aromatic rings. The minimum absolute atomic E-state index is 0.0723. The minimum Gasteiger partial charge on any atom is -0.497 e. The van der Waals surface area contributed by atoms with Crippen molar-refractivity contribution in [3.8, 4) is 11.5 Å². The maximum Gasteiger partial charge on any atom is 0.333 e. The second kappa shape index (κ2) is 6.55. The summed E-state index contributed by atoms with van der Waals surface area (Å²) in [5.41, 5.74) is 0. The molecule has 0 aliphatic carbocycles. The molecule has 1 atom stereocenters. The Morgan fingerprint density at radius 3 is 2.50 bits per heavy atom. The van der Waals surface area contributed by atoms with Gasteiger partial charge in [-0.05, 0) is 12.1 Å². The summed E-state index contributed by atoms with van der Waals surface area (Å²) < 4.78 is 36.0. The minimum atomic E-state index is -4.04. The molecule has 20 heavy (non-hydrogen) atoms. The third-order valence-corrected chi connectivity index (χ3v) is 3.86. The smallest absolute Gasteiger partial charge is 0.333 e. The van der Waals surface area contributed by atoms with Crippen molar-refractivity contribution in [2.75, 3.05) is 20.8 Å². The Morgan fingerprint density at radius 1 is 1.35 bits per heavy atom. The van der Waals surface area contributed by atoms with Crippen LogP contribution in [0.25, 0.3) is 0 Å². The zero-order valence-corrected chi connectivity index (χ0v) is 11.7. The van der Waals surface area contributed by atoms with E-state index < -0.39 is 28.6 Å². The molecule has 3 N–H and O–H groups in total. The molecule has 1 rings (SSSR count). The maximum absolute atomic E-state index is 12.1. The number of carboxylic acid groups (broad SMARTS) is 1. The molecule has 0 aliphatic rings. The summed E-state index contributed by atoms with van der Waals surface area (Å²) in [6, 6.07) is 4.15. The molecule has 0 bridgehead atoms. The summed E-state index contributed by atoms with van der Waals surface area (Å²) in [6.07, 6.45) is -1.83. The number of carboxylic acids is 1. The molecule has 1 unspecified atom stereocenters. The molecule has 8 nitrogen and oxygen atoms in total. The van der Waals surface area contributed by atoms with Gasteiger partial charge >= 0.3 is 5.97 Å². The van der Waals surface area contributed by atoms with Gasteiger partial charge in [-0.2, -0.15) is 0 Å². The number of aliphatic hydroxyl groups excluding tert-OH is 1. The zero-order chi connectivity index (χ0) is 15.3. The van der Waals surface area contributed by atoms with Gasteiger partial charge < -0.3 is 19.7 Å². The molecular formula is C11H15NO7S. The fraction of sp³-hybridized carbons (Fsp3) is 0.364. The van der Waals surface area contributed by atoms with Crippen molar-refractivity contribution in [1.82, 2.24) is 4.72 Å². The second-order valence-corrected chi connectivity index (χ2v) is 5.46. The number of ether oxygens (including phenoxy) is 2. The molecule has 0 fully saturated rings. The molecular weight excluding hydrogens is 290 g/mol. The fourth-order valence-corrected chi connectivity index (χ4v) is 2.57. The largest absolute Gasteiger partial charge is 0.497 e. The first-order valence-electron chi connectivity index (χ1n) is 5.44. The van der Waals surface area contributed by atoms with Gasteiger partial charge in [0.05, 0.1) is 14.2 Å². The standard InChI is InChI=1S/C11H15NO7S/c1-18-7-3-4-9(19-2)10(5-7)20(16,17)12-6-8(13)11(14)15/h3-5,8,12-13H,6H2,1-2H3,(H,14,15). The highest BCUT2D eigenvalue weighted by Crippen LogP contribution is 2.27. The average Bonchev–Trinajstić information content (AvgIpc) is 2.43. The lowest BCUT2D eigenvalue weighted by Crippen LogP contribution is -2.36. The monoisotopic (exact) mass is 305 g/mol. The summed E-state index contributed by atoms with van der Waals surface area (Å²) in [6.45, 7) is -0.655. The third-order valence-electron chi connectivity index (χ3n) is 2.41. The van der Waals surface area contributed by atoms with Crippen molar-refractivity contribution >= 4 is 16.0 Å². The Bertz CT molecular complexity index is 584. The fourth-order valence-electron chi connectivity index (χ4n) is 1.35. The summed E-state index contributed by atoms with van der Waals surface area (Å²) >= 11 is 0. The molecule has 112 valence electrons. The van der Waals surface area contributed by atoms with Crippen LogP contribution in [-0.2, 0) is 14.8 Å². The van der Waals surface area contributed by atoms with E-state index in [0.29, 0.717) is 5.75 Å². The summed E-state index contributed by atoms with van der Waals surface area (Å²) in [5, 5.41) is 17.6. The van der Waals surface area contributed by atoms with Crippen LogP contribution in [-0.4, -0.2) is 51.5 Å². The molecule has 9 heteroatoms. The molecule has 0 aromatic heterocycles. The van der Waals surface area contributed by atoms with E-state index in [1.165, 1.54) is 32.4 Å². The predicted molar refractivity (Wildman–Crippen MR) is 68.4 cm³/mol. The summed E-state index contributed by atoms with van der Waals surface area (Å²) in [5.74, 6) is -1.15. The van der Waals surface area contributed by atoms with Crippen LogP contribution in [0.3, 0.4) is 0 Å². The Hall–Kier alpha value is -1.84. The van der Waals surface area contributed by atoms with E-state index in [0.717, 1.165) is 0 Å². The van der Waals surface area contributed by atoms with Crippen LogP contribution in [0.15, 0.2) is 23.1 Å². The number of hydrogen-bond acceptors (Lipinski definition) is 6. The summed E-state index contributed by atoms with van der Waals surface area (Å²) in [4.78, 5) is 10.2. The summed E-state index contributed by atoms with van der Waals surface area (Å²) in [7, 11) is -1.37. The number of carbonyl (C=O) groups is 1. The van der Waals surface area contributed by atoms with E-state index in [-0.39, 0.29) is 10.6 Å². The van der Waals surface area contributed by atoms with Crippen LogP contribution in [0.1, 0.15) is 0 Å². The molecule has 1 aromatic carbocycles. The number of aliphatic carboxylic acids is 1. The SMILES string of the molecule is COc1ccc(OC)c(S(=O)(=O)NCC(O)C(=O)O)c1. The van der Waals surface area contributed by atoms with E-state index in [1.54, 1.807) is 0 Å². The normalized spacial score (nSPS) is 12.8. The van der Waals surface area contributed by atoms with E-state index in [2.05, 4.69) is 0 Å². The zero-order valence-electron chi connectivity index (χ0n) is 10.9. The number of rotatable bonds is 7. The van der Waals surface area contributed by atoms with Gasteiger partial charge in [-0.3, -0.25) is 0 Å². The van der Waals surface area contributed by atoms with Gasteiger partial charge in [0.2, 0.25) is 10.0 Å². The Balaban J connectivity index is 3.05. The molecule has 0 aliphatic heterocycles. The van der Waals surface area contributed by atoms with Crippen LogP contribution in [0.4, 0.5) is 0 Å². The van der Waals surface area contributed by atoms with Gasteiger partial charge in [0.1, 0.15) is 16.4 Å². The second-order valence-electron chi connectivity index (χ2n) is 3.72. The van der Waals surface area contributed by atoms with Crippen molar-refractivity contribution in [3.63, 3.8) is 0 Å². The van der Waals surface area contributed by atoms with Crippen LogP contribution in [0, 0.1) is 0 Å². The molecule has 0 amide bonds. The number of methoxy groups -OCH3 is 2. The van der Waals surface area contributed by atoms with Gasteiger partial charge in [-0.1, -0.05) is 0 Å². The number of hydrogen-bond donors (Lipinski definition) is 3. The van der Waals surface area contributed by atoms with Gasteiger partial charge in [-0.15, -0.1) is 0 Å². The van der Waals surface area contributed by atoms with Crippen molar-refractivity contribution in [2.24, 2.45) is 0 Å². The lowest BCUT2D eigenvalue weighted by molar-refractivity contribution is -0.146. The number of aliphatic hydroxyl groups is 1. The molecule has 0 radical (unpaired) electrons. The Morgan fingerprint density at radius 2 is 2.00 bits per heavy atom. The highest BCUT2D eigenvalue weighted by Gasteiger charge is 2.23. The first-order chi connectivity index (χ1) is 9.31. The van der Waals surface area contributed by atoms with Gasteiger partial charge in [0.15, 0.2) is 6.10 Å². The molecule has 0 spiro atoms. The Labute approximate surface area is 116 Å². The lowest BCUT2D eigenvalue weighted by atomic mass is 10.3. The van der Waals surface area contributed by atoms with E-state index in [9.17, 15) is 13.2 Å². The number of benzene rings is 1. The lowest BCUT2D eigenvalue weighted by Gasteiger charge is -2.13. The predicted octanol–water partition coefficient (Wildman–Crippen LogP) is -0.572. The number of sulfonamides is 1. The molecule has 0 saturated carbocycles. The topological polar surface area (TPSA) is 122 Å². The first kappa shape index (κ1) is 16.2. The van der Waals surface area contributed by atoms with E-state index in [4.69, 9.17) is 19.7 Å². The van der Waals surface area contributed by atoms with Crippen molar-refractivity contribution in [3.05, 3.63) is 18.2 Å². The highest BCUT2D eigenvalue weighted by atomic mass is 32.2. The Kier molecular flexibility index (Phi) is 5.31. The van der Waals surface area contributed by atoms with Crippen LogP contribution >= 0.6 is 0 Å². The van der Waals surface area contributed by atoms with Crippen molar-refractivity contribution in [1.29, 1.82) is 0 Å². The quantitative estimate of drug-likeness (QED) is 0.616. The van der Waals surface area contributed by atoms with Gasteiger partial charge in [0, 0.05) is 12.6 Å². The first-order valence-corrected chi connectivity index (χ1v) is 6.92. The van der Waals surface area contributed by atoms with Gasteiger partial charge in [0.25, 0.3) is 0 Å². The van der Waals surface area contributed by atoms with Crippen molar-refractivity contribution in [2.45, 2.75) is 11.0 Å². The van der Waals surface area contributed by atoms with Gasteiger partial charge in [-0.25, -0.2) is 17.9 Å². The van der Waals surface area contributed by atoms with Crippen molar-refractivity contribution < 1.29 is 32.9 Å². The maximum atomic E-state index is 12.1. The molecule has 0 saturated heterocycles. The third kappa shape index (κ3) is 3.83. The van der Waals surface area contributed by atoms with E-state index in [1.807, 2.05) is 4.72 Å². The average molecular weight is 305 g/mol. The molecule has 0 heterocycles. The highest BCUT2D eigenvalue weighted by molar-refractivity contribution is 7.89. The van der Waals surface area contributed by atoms with E-state index >= 15 is 0 Å².